The van der Waals surface area contributed by atoms with Crippen LogP contribution in [0.25, 0.3) is 10.9 Å². The summed E-state index contributed by atoms with van der Waals surface area (Å²) in [4.78, 5) is 20.6. The number of hydrogen-bond acceptors (Lipinski definition) is 3. The van der Waals surface area contributed by atoms with Crippen molar-refractivity contribution in [3.8, 4) is 0 Å². The maximum Gasteiger partial charge on any atom is 0.246 e. The summed E-state index contributed by atoms with van der Waals surface area (Å²) in [5, 5.41) is 1.21. The van der Waals surface area contributed by atoms with Gasteiger partial charge in [0.25, 0.3) is 0 Å². The molecule has 2 heterocycles. The van der Waals surface area contributed by atoms with E-state index in [1.807, 2.05) is 37.3 Å². The fourth-order valence-electron chi connectivity index (χ4n) is 3.41. The molecule has 1 saturated heterocycles. The molecule has 0 N–H and O–H groups in total. The predicted octanol–water partition coefficient (Wildman–Crippen LogP) is 3.13. The third-order valence-electron chi connectivity index (χ3n) is 4.85. The van der Waals surface area contributed by atoms with Crippen molar-refractivity contribution in [2.45, 2.75) is 19.3 Å². The quantitative estimate of drug-likeness (QED) is 0.787. The molecule has 0 atom stereocenters. The van der Waals surface area contributed by atoms with Gasteiger partial charge in [-0.3, -0.25) is 9.78 Å². The molecule has 3 rings (SSSR count). The monoisotopic (exact) mass is 337 g/mol. The van der Waals surface area contributed by atoms with Crippen molar-refractivity contribution in [1.82, 2.24) is 14.8 Å². The highest BCUT2D eigenvalue weighted by Gasteiger charge is 2.21. The smallest absolute Gasteiger partial charge is 0.246 e. The molecule has 1 aliphatic heterocycles. The number of pyridine rings is 1. The van der Waals surface area contributed by atoms with Crippen LogP contribution in [0.3, 0.4) is 0 Å². The second-order valence-corrected chi connectivity index (χ2v) is 7.17. The van der Waals surface area contributed by atoms with E-state index < -0.39 is 0 Å². The molecule has 4 nitrogen and oxygen atoms in total. The van der Waals surface area contributed by atoms with Gasteiger partial charge in [0, 0.05) is 37.3 Å². The number of amides is 1. The van der Waals surface area contributed by atoms with Crippen molar-refractivity contribution in [3.05, 3.63) is 54.2 Å². The maximum atomic E-state index is 12.2. The summed E-state index contributed by atoms with van der Waals surface area (Å²) in [7, 11) is 4.01. The lowest BCUT2D eigenvalue weighted by atomic mass is 9.89. The molecule has 1 aromatic heterocycles. The Morgan fingerprint density at radius 2 is 2.08 bits per heavy atom. The second kappa shape index (κ2) is 8.26. The zero-order valence-electron chi connectivity index (χ0n) is 15.2. The number of fused-ring (bicyclic) bond motifs is 1. The van der Waals surface area contributed by atoms with Crippen molar-refractivity contribution in [2.75, 3.05) is 33.7 Å². The van der Waals surface area contributed by atoms with E-state index in [1.54, 1.807) is 6.08 Å². The third-order valence-corrected chi connectivity index (χ3v) is 4.85. The number of likely N-dealkylation sites (N-methyl/N-ethyl adjacent to an activating group) is 1. The van der Waals surface area contributed by atoms with Crippen LogP contribution in [0.4, 0.5) is 0 Å². The van der Waals surface area contributed by atoms with Crippen LogP contribution in [0.15, 0.2) is 48.7 Å². The molecule has 0 spiro atoms. The summed E-state index contributed by atoms with van der Waals surface area (Å²) in [6.07, 6.45) is 8.75. The van der Waals surface area contributed by atoms with E-state index in [0.717, 1.165) is 44.4 Å². The van der Waals surface area contributed by atoms with Crippen LogP contribution in [0.2, 0.25) is 0 Å². The highest BCUT2D eigenvalue weighted by atomic mass is 16.2. The lowest BCUT2D eigenvalue weighted by Gasteiger charge is -2.31. The Morgan fingerprint density at radius 1 is 1.28 bits per heavy atom. The molecule has 25 heavy (non-hydrogen) atoms. The van der Waals surface area contributed by atoms with Gasteiger partial charge in [-0.25, -0.2) is 0 Å². The van der Waals surface area contributed by atoms with Gasteiger partial charge in [-0.2, -0.15) is 0 Å². The average molecular weight is 337 g/mol. The van der Waals surface area contributed by atoms with Crippen LogP contribution in [0.5, 0.6) is 0 Å². The topological polar surface area (TPSA) is 36.4 Å². The van der Waals surface area contributed by atoms with Crippen LogP contribution in [0.1, 0.15) is 18.4 Å². The van der Waals surface area contributed by atoms with Gasteiger partial charge in [0.05, 0.1) is 5.52 Å². The molecule has 132 valence electrons. The zero-order chi connectivity index (χ0) is 17.6. The standard InChI is InChI=1S/C21H27N3O/c1-23(2)12-4-6-21(25)24-13-9-17(10-14-24)15-18-7-8-20-19(16-18)5-3-11-22-20/h3-8,11,16-17H,9-10,12-15H2,1-2H3/b6-4+. The Hall–Kier alpha value is -2.20. The predicted molar refractivity (Wildman–Crippen MR) is 102 cm³/mol. The van der Waals surface area contributed by atoms with Gasteiger partial charge < -0.3 is 9.80 Å². The van der Waals surface area contributed by atoms with Crippen LogP contribution in [-0.2, 0) is 11.2 Å². The fraction of sp³-hybridized carbons (Fsp3) is 0.429. The summed E-state index contributed by atoms with van der Waals surface area (Å²) >= 11 is 0. The Balaban J connectivity index is 1.51. The minimum absolute atomic E-state index is 0.150. The van der Waals surface area contributed by atoms with Crippen molar-refractivity contribution in [2.24, 2.45) is 5.92 Å². The molecule has 1 aromatic carbocycles. The number of likely N-dealkylation sites (tertiary alicyclic amines) is 1. The van der Waals surface area contributed by atoms with Crippen molar-refractivity contribution in [1.29, 1.82) is 0 Å². The molecule has 0 radical (unpaired) electrons. The number of aromatic nitrogens is 1. The SMILES string of the molecule is CN(C)C/C=C/C(=O)N1CCC(Cc2ccc3ncccc3c2)CC1. The molecular formula is C21H27N3O. The van der Waals surface area contributed by atoms with E-state index in [2.05, 4.69) is 34.1 Å². The summed E-state index contributed by atoms with van der Waals surface area (Å²) in [5.41, 5.74) is 2.42. The molecule has 0 bridgehead atoms. The summed E-state index contributed by atoms with van der Waals surface area (Å²) in [6, 6.07) is 10.7. The van der Waals surface area contributed by atoms with Gasteiger partial charge in [0.1, 0.15) is 0 Å². The molecule has 0 saturated carbocycles. The van der Waals surface area contributed by atoms with E-state index in [4.69, 9.17) is 0 Å². The first-order valence-corrected chi connectivity index (χ1v) is 9.05. The first kappa shape index (κ1) is 17.6. The van der Waals surface area contributed by atoms with Crippen LogP contribution in [-0.4, -0.2) is 54.4 Å². The number of carbonyl (C=O) groups excluding carboxylic acids is 1. The largest absolute Gasteiger partial charge is 0.339 e. The minimum Gasteiger partial charge on any atom is -0.339 e. The Morgan fingerprint density at radius 3 is 2.84 bits per heavy atom. The Kier molecular flexibility index (Phi) is 5.82. The Labute approximate surface area is 150 Å². The molecule has 1 aliphatic rings. The highest BCUT2D eigenvalue weighted by Crippen LogP contribution is 2.23. The van der Waals surface area contributed by atoms with Gasteiger partial charge in [-0.15, -0.1) is 0 Å². The molecule has 0 unspecified atom stereocenters. The van der Waals surface area contributed by atoms with Gasteiger partial charge in [-0.1, -0.05) is 18.2 Å². The van der Waals surface area contributed by atoms with Crippen LogP contribution >= 0.6 is 0 Å². The summed E-state index contributed by atoms with van der Waals surface area (Å²) in [5.74, 6) is 0.806. The summed E-state index contributed by atoms with van der Waals surface area (Å²) < 4.78 is 0. The molecule has 4 heteroatoms. The lowest BCUT2D eigenvalue weighted by molar-refractivity contribution is -0.127. The van der Waals surface area contributed by atoms with Crippen LogP contribution < -0.4 is 0 Å². The van der Waals surface area contributed by atoms with E-state index in [9.17, 15) is 4.79 Å². The third kappa shape index (κ3) is 4.89. The van der Waals surface area contributed by atoms with Crippen molar-refractivity contribution < 1.29 is 4.79 Å². The molecule has 1 fully saturated rings. The van der Waals surface area contributed by atoms with Gasteiger partial charge in [0.15, 0.2) is 0 Å². The van der Waals surface area contributed by atoms with E-state index >= 15 is 0 Å². The normalized spacial score (nSPS) is 16.2. The summed E-state index contributed by atoms with van der Waals surface area (Å²) in [6.45, 7) is 2.54. The number of benzene rings is 1. The average Bonchev–Trinajstić information content (AvgIpc) is 2.62. The van der Waals surface area contributed by atoms with E-state index in [0.29, 0.717) is 5.92 Å². The van der Waals surface area contributed by atoms with Crippen molar-refractivity contribution >= 4 is 16.8 Å². The van der Waals surface area contributed by atoms with Gasteiger partial charge in [-0.05, 0) is 63.0 Å². The van der Waals surface area contributed by atoms with E-state index in [-0.39, 0.29) is 5.91 Å². The second-order valence-electron chi connectivity index (χ2n) is 7.17. The number of hydrogen-bond donors (Lipinski definition) is 0. The Bertz CT molecular complexity index is 746. The zero-order valence-corrected chi connectivity index (χ0v) is 15.2. The minimum atomic E-state index is 0.150. The van der Waals surface area contributed by atoms with Crippen LogP contribution in [0, 0.1) is 5.92 Å². The molecular weight excluding hydrogens is 310 g/mol. The number of carbonyl (C=O) groups is 1. The van der Waals surface area contributed by atoms with Crippen molar-refractivity contribution in [3.63, 3.8) is 0 Å². The molecule has 2 aromatic rings. The van der Waals surface area contributed by atoms with Gasteiger partial charge in [0.2, 0.25) is 5.91 Å². The number of rotatable bonds is 5. The first-order valence-electron chi connectivity index (χ1n) is 9.05. The fourth-order valence-corrected chi connectivity index (χ4v) is 3.41. The van der Waals surface area contributed by atoms with E-state index in [1.165, 1.54) is 10.9 Å². The highest BCUT2D eigenvalue weighted by molar-refractivity contribution is 5.87. The first-order chi connectivity index (χ1) is 12.1. The maximum absolute atomic E-state index is 12.2. The molecule has 0 aliphatic carbocycles. The number of nitrogens with zero attached hydrogens (tertiary/aromatic N) is 3. The lowest BCUT2D eigenvalue weighted by Crippen LogP contribution is -2.38. The van der Waals surface area contributed by atoms with Gasteiger partial charge >= 0.3 is 0 Å². The number of piperidine rings is 1. The molecule has 1 amide bonds.